The van der Waals surface area contributed by atoms with E-state index in [1.165, 1.54) is 18.3 Å². The third kappa shape index (κ3) is 7.18. The van der Waals surface area contributed by atoms with Crippen molar-refractivity contribution in [2.24, 2.45) is 0 Å². The molecule has 0 amide bonds. The molecular formula is C25H27F6N5O4. The molecule has 2 fully saturated rings. The van der Waals surface area contributed by atoms with Gasteiger partial charge in [0.1, 0.15) is 11.3 Å². The minimum Gasteiger partial charge on any atom is -0.382 e. The first kappa shape index (κ1) is 29.5. The van der Waals surface area contributed by atoms with Crippen LogP contribution in [0.25, 0.3) is 0 Å². The number of aromatic nitrogens is 1. The summed E-state index contributed by atoms with van der Waals surface area (Å²) < 4.78 is 84.1. The number of hydrogen-bond acceptors (Lipinski definition) is 8. The van der Waals surface area contributed by atoms with Crippen LogP contribution >= 0.6 is 0 Å². The van der Waals surface area contributed by atoms with E-state index >= 15 is 0 Å². The average molecular weight is 576 g/mol. The zero-order valence-corrected chi connectivity index (χ0v) is 21.1. The Morgan fingerprint density at radius 3 is 2.20 bits per heavy atom. The molecule has 1 aliphatic carbocycles. The Labute approximate surface area is 225 Å². The normalized spacial score (nSPS) is 21.6. The van der Waals surface area contributed by atoms with E-state index in [4.69, 9.17) is 4.74 Å². The van der Waals surface area contributed by atoms with E-state index in [-0.39, 0.29) is 17.8 Å². The number of nitro benzene ring substituents is 1. The van der Waals surface area contributed by atoms with E-state index in [9.17, 15) is 41.3 Å². The highest BCUT2D eigenvalue weighted by atomic mass is 19.4. The number of anilines is 2. The first-order valence-corrected chi connectivity index (χ1v) is 12.6. The molecule has 9 nitrogen and oxygen atoms in total. The highest BCUT2D eigenvalue weighted by Crippen LogP contribution is 2.38. The second-order valence-corrected chi connectivity index (χ2v) is 9.69. The zero-order chi connectivity index (χ0) is 29.1. The number of carbonyl (C=O) groups excluding carboxylic acids is 1. The molecule has 0 radical (unpaired) electrons. The fraction of sp³-hybridized carbons (Fsp3) is 0.520. The summed E-state index contributed by atoms with van der Waals surface area (Å²) in [6, 6.07) is 4.95. The number of hydrogen-bond donors (Lipinski definition) is 1. The van der Waals surface area contributed by atoms with E-state index in [2.05, 4.69) is 10.3 Å². The molecule has 1 aliphatic heterocycles. The Morgan fingerprint density at radius 1 is 1.00 bits per heavy atom. The molecule has 1 saturated heterocycles. The Kier molecular flexibility index (Phi) is 8.83. The summed E-state index contributed by atoms with van der Waals surface area (Å²) in [6.45, 7) is 1.82. The van der Waals surface area contributed by atoms with Crippen LogP contribution in [-0.2, 0) is 21.9 Å². The first-order valence-electron chi connectivity index (χ1n) is 12.6. The Morgan fingerprint density at radius 2 is 1.68 bits per heavy atom. The van der Waals surface area contributed by atoms with Crippen molar-refractivity contribution in [1.82, 2.24) is 9.88 Å². The van der Waals surface area contributed by atoms with E-state index in [1.54, 1.807) is 0 Å². The fourth-order valence-corrected chi connectivity index (χ4v) is 4.97. The molecular weight excluding hydrogens is 548 g/mol. The lowest BCUT2D eigenvalue weighted by Crippen LogP contribution is -2.52. The quantitative estimate of drug-likeness (QED) is 0.201. The van der Waals surface area contributed by atoms with E-state index in [1.807, 2.05) is 9.80 Å². The van der Waals surface area contributed by atoms with Gasteiger partial charge in [0.05, 0.1) is 22.9 Å². The predicted octanol–water partition coefficient (Wildman–Crippen LogP) is 5.11. The van der Waals surface area contributed by atoms with Gasteiger partial charge in [-0.15, -0.1) is 0 Å². The highest BCUT2D eigenvalue weighted by molar-refractivity contribution is 5.56. The van der Waals surface area contributed by atoms with Crippen LogP contribution in [0.2, 0.25) is 0 Å². The molecule has 2 aromatic rings. The van der Waals surface area contributed by atoms with Gasteiger partial charge in [0, 0.05) is 44.0 Å². The smallest absolute Gasteiger partial charge is 0.382 e. The highest BCUT2D eigenvalue weighted by Gasteiger charge is 2.39. The molecule has 2 aliphatic rings. The molecule has 0 bridgehead atoms. The van der Waals surface area contributed by atoms with Crippen LogP contribution in [0.5, 0.6) is 0 Å². The van der Waals surface area contributed by atoms with Gasteiger partial charge >= 0.3 is 12.4 Å². The standard InChI is InChI=1S/C25H27F6N5O4/c26-24(27,28)20-13-17(3-7-21(20)36(38)39)33-16-1-5-19(6-2-16)40-23(15-37)35-11-9-34(10-12-35)18-4-8-22(32-14-18)25(29,30)31/h3-4,7-8,13-16,19,23,33H,1-2,5-6,9-12H2. The summed E-state index contributed by atoms with van der Waals surface area (Å²) >= 11 is 0. The number of nitrogens with one attached hydrogen (secondary N) is 1. The molecule has 1 atom stereocenters. The van der Waals surface area contributed by atoms with Crippen LogP contribution in [0.4, 0.5) is 43.4 Å². The monoisotopic (exact) mass is 575 g/mol. The van der Waals surface area contributed by atoms with Crippen LogP contribution in [0.3, 0.4) is 0 Å². The molecule has 40 heavy (non-hydrogen) atoms. The minimum atomic E-state index is -4.87. The molecule has 4 rings (SSSR count). The molecule has 1 aromatic heterocycles. The lowest BCUT2D eigenvalue weighted by Gasteiger charge is -2.40. The minimum absolute atomic E-state index is 0.133. The predicted molar refractivity (Wildman–Crippen MR) is 132 cm³/mol. The maximum atomic E-state index is 13.3. The van der Waals surface area contributed by atoms with Crippen LogP contribution in [0.1, 0.15) is 36.9 Å². The van der Waals surface area contributed by atoms with Gasteiger partial charge in [-0.25, -0.2) is 4.98 Å². The number of rotatable bonds is 8. The summed E-state index contributed by atoms with van der Waals surface area (Å²) in [5.74, 6) is 0. The molecule has 1 unspecified atom stereocenters. The summed E-state index contributed by atoms with van der Waals surface area (Å²) in [5, 5.41) is 14.0. The number of piperazine rings is 1. The van der Waals surface area contributed by atoms with Crippen LogP contribution < -0.4 is 10.2 Å². The SMILES string of the molecule is O=CC(OC1CCC(Nc2ccc([N+](=O)[O-])c(C(F)(F)F)c2)CC1)N1CCN(c2ccc(C(F)(F)F)nc2)CC1. The van der Waals surface area contributed by atoms with Gasteiger partial charge in [-0.3, -0.25) is 19.8 Å². The second-order valence-electron chi connectivity index (χ2n) is 9.69. The number of carbonyl (C=O) groups is 1. The summed E-state index contributed by atoms with van der Waals surface area (Å²) in [4.78, 5) is 28.9. The number of nitrogens with zero attached hydrogens (tertiary/aromatic N) is 4. The van der Waals surface area contributed by atoms with Crippen molar-refractivity contribution >= 4 is 23.3 Å². The average Bonchev–Trinajstić information content (AvgIpc) is 2.92. The van der Waals surface area contributed by atoms with Gasteiger partial charge < -0.3 is 15.0 Å². The Balaban J connectivity index is 1.26. The Hall–Kier alpha value is -3.46. The van der Waals surface area contributed by atoms with Crippen molar-refractivity contribution in [3.05, 3.63) is 57.9 Å². The van der Waals surface area contributed by atoms with Crippen molar-refractivity contribution in [2.75, 3.05) is 36.4 Å². The lowest BCUT2D eigenvalue weighted by molar-refractivity contribution is -0.388. The zero-order valence-electron chi connectivity index (χ0n) is 21.1. The van der Waals surface area contributed by atoms with E-state index < -0.39 is 40.4 Å². The van der Waals surface area contributed by atoms with Crippen LogP contribution in [0, 0.1) is 10.1 Å². The maximum Gasteiger partial charge on any atom is 0.433 e. The summed E-state index contributed by atoms with van der Waals surface area (Å²) in [5.41, 5.74) is -2.60. The van der Waals surface area contributed by atoms with E-state index in [0.29, 0.717) is 63.8 Å². The van der Waals surface area contributed by atoms with Crippen molar-refractivity contribution < 1.29 is 40.8 Å². The number of nitro groups is 1. The maximum absolute atomic E-state index is 13.3. The molecule has 1 saturated carbocycles. The number of pyridine rings is 1. The number of ether oxygens (including phenoxy) is 1. The van der Waals surface area contributed by atoms with Crippen molar-refractivity contribution in [3.63, 3.8) is 0 Å². The van der Waals surface area contributed by atoms with Crippen molar-refractivity contribution in [3.8, 4) is 0 Å². The van der Waals surface area contributed by atoms with Gasteiger partial charge in [-0.05, 0) is 49.9 Å². The summed E-state index contributed by atoms with van der Waals surface area (Å²) in [7, 11) is 0. The second kappa shape index (κ2) is 12.0. The fourth-order valence-electron chi connectivity index (χ4n) is 4.97. The van der Waals surface area contributed by atoms with Gasteiger partial charge in [0.15, 0.2) is 12.5 Å². The number of halogens is 6. The van der Waals surface area contributed by atoms with Crippen molar-refractivity contribution in [2.45, 2.75) is 56.4 Å². The van der Waals surface area contributed by atoms with Crippen molar-refractivity contribution in [1.29, 1.82) is 0 Å². The molecule has 218 valence electrons. The molecule has 0 spiro atoms. The van der Waals surface area contributed by atoms with Gasteiger partial charge in [-0.1, -0.05) is 0 Å². The number of aldehydes is 1. The van der Waals surface area contributed by atoms with Gasteiger partial charge in [0.2, 0.25) is 0 Å². The molecule has 1 N–H and O–H groups in total. The summed E-state index contributed by atoms with van der Waals surface area (Å²) in [6.07, 6.45) is -6.31. The molecule has 2 heterocycles. The van der Waals surface area contributed by atoms with Crippen LogP contribution in [-0.4, -0.2) is 65.6 Å². The van der Waals surface area contributed by atoms with Gasteiger partial charge in [0.25, 0.3) is 5.69 Å². The largest absolute Gasteiger partial charge is 0.433 e. The number of benzene rings is 1. The molecule has 15 heteroatoms. The van der Waals surface area contributed by atoms with Gasteiger partial charge in [-0.2, -0.15) is 26.3 Å². The number of alkyl halides is 6. The third-order valence-electron chi connectivity index (χ3n) is 7.07. The Bertz CT molecular complexity index is 1180. The first-order chi connectivity index (χ1) is 18.8. The van der Waals surface area contributed by atoms with Crippen LogP contribution in [0.15, 0.2) is 36.5 Å². The lowest BCUT2D eigenvalue weighted by atomic mass is 9.92. The molecule has 1 aromatic carbocycles. The third-order valence-corrected chi connectivity index (χ3v) is 7.07. The topological polar surface area (TPSA) is 101 Å². The van der Waals surface area contributed by atoms with E-state index in [0.717, 1.165) is 18.2 Å².